The van der Waals surface area contributed by atoms with Crippen LogP contribution in [0.25, 0.3) is 0 Å². The van der Waals surface area contributed by atoms with Gasteiger partial charge >= 0.3 is 0 Å². The molecule has 2 unspecified atom stereocenters. The summed E-state index contributed by atoms with van der Waals surface area (Å²) in [5.74, 6) is 6.20. The van der Waals surface area contributed by atoms with Crippen molar-refractivity contribution in [1.82, 2.24) is 5.43 Å². The molecular formula is C11H24N2O. The van der Waals surface area contributed by atoms with Crippen LogP contribution >= 0.6 is 0 Å². The number of nitrogens with one attached hydrogen (secondary N) is 1. The Labute approximate surface area is 87.4 Å². The zero-order valence-electron chi connectivity index (χ0n) is 9.68. The molecule has 0 aromatic carbocycles. The molecule has 3 nitrogen and oxygen atoms in total. The lowest BCUT2D eigenvalue weighted by molar-refractivity contribution is 0.0324. The van der Waals surface area contributed by atoms with Gasteiger partial charge in [0.2, 0.25) is 0 Å². The maximum Gasteiger partial charge on any atom is 0.0509 e. The van der Waals surface area contributed by atoms with Gasteiger partial charge < -0.3 is 4.74 Å². The van der Waals surface area contributed by atoms with Crippen LogP contribution in [0, 0.1) is 11.3 Å². The van der Waals surface area contributed by atoms with E-state index in [2.05, 4.69) is 26.2 Å². The molecule has 0 radical (unpaired) electrons. The second-order valence-electron chi connectivity index (χ2n) is 5.52. The zero-order chi connectivity index (χ0) is 10.6. The van der Waals surface area contributed by atoms with Gasteiger partial charge in [0.25, 0.3) is 0 Å². The highest BCUT2D eigenvalue weighted by molar-refractivity contribution is 4.81. The van der Waals surface area contributed by atoms with Gasteiger partial charge in [-0.05, 0) is 30.6 Å². The summed E-state index contributed by atoms with van der Waals surface area (Å²) in [6.07, 6.45) is 3.52. The second-order valence-corrected chi connectivity index (χ2v) is 5.52. The smallest absolute Gasteiger partial charge is 0.0509 e. The van der Waals surface area contributed by atoms with Gasteiger partial charge in [-0.2, -0.15) is 0 Å². The van der Waals surface area contributed by atoms with Gasteiger partial charge in [0.1, 0.15) is 0 Å². The maximum atomic E-state index is 5.61. The highest BCUT2D eigenvalue weighted by atomic mass is 16.5. The van der Waals surface area contributed by atoms with Gasteiger partial charge in [-0.15, -0.1) is 0 Å². The minimum atomic E-state index is 0.328. The SMILES string of the molecule is CC(C)(C)CC(NN)C1CCCOC1. The van der Waals surface area contributed by atoms with E-state index in [1.165, 1.54) is 12.8 Å². The molecule has 0 aromatic rings. The molecule has 3 heteroatoms. The van der Waals surface area contributed by atoms with Crippen molar-refractivity contribution in [3.63, 3.8) is 0 Å². The van der Waals surface area contributed by atoms with Gasteiger partial charge in [-0.3, -0.25) is 11.3 Å². The van der Waals surface area contributed by atoms with Crippen molar-refractivity contribution in [3.05, 3.63) is 0 Å². The Morgan fingerprint density at radius 2 is 2.21 bits per heavy atom. The van der Waals surface area contributed by atoms with Gasteiger partial charge in [-0.25, -0.2) is 0 Å². The first-order valence-electron chi connectivity index (χ1n) is 5.57. The summed E-state index contributed by atoms with van der Waals surface area (Å²) in [6.45, 7) is 8.54. The highest BCUT2D eigenvalue weighted by Crippen LogP contribution is 2.27. The van der Waals surface area contributed by atoms with Crippen molar-refractivity contribution >= 4 is 0 Å². The Hall–Kier alpha value is -0.120. The molecule has 0 aromatic heterocycles. The third-order valence-corrected chi connectivity index (χ3v) is 2.81. The van der Waals surface area contributed by atoms with E-state index < -0.39 is 0 Å². The molecule has 1 heterocycles. The Balaban J connectivity index is 2.43. The fourth-order valence-electron chi connectivity index (χ4n) is 2.10. The number of ether oxygens (including phenoxy) is 1. The topological polar surface area (TPSA) is 47.3 Å². The molecule has 1 fully saturated rings. The molecule has 2 atom stereocenters. The van der Waals surface area contributed by atoms with E-state index in [9.17, 15) is 0 Å². The summed E-state index contributed by atoms with van der Waals surface area (Å²) in [5, 5.41) is 0. The van der Waals surface area contributed by atoms with Crippen LogP contribution in [0.5, 0.6) is 0 Å². The Kier molecular flexibility index (Phi) is 4.35. The molecule has 0 amide bonds. The van der Waals surface area contributed by atoms with Gasteiger partial charge in [-0.1, -0.05) is 20.8 Å². The summed E-state index contributed by atoms with van der Waals surface area (Å²) in [4.78, 5) is 0. The average molecular weight is 200 g/mol. The first-order chi connectivity index (χ1) is 6.53. The predicted molar refractivity (Wildman–Crippen MR) is 58.7 cm³/mol. The number of hydrogen-bond acceptors (Lipinski definition) is 3. The molecule has 1 rings (SSSR count). The lowest BCUT2D eigenvalue weighted by Gasteiger charge is -2.33. The van der Waals surface area contributed by atoms with E-state index in [0.29, 0.717) is 17.4 Å². The van der Waals surface area contributed by atoms with Crippen molar-refractivity contribution < 1.29 is 4.74 Å². The number of rotatable bonds is 3. The minimum Gasteiger partial charge on any atom is -0.381 e. The average Bonchev–Trinajstić information content (AvgIpc) is 2.14. The van der Waals surface area contributed by atoms with E-state index in [1.54, 1.807) is 0 Å². The predicted octanol–water partition coefficient (Wildman–Crippen LogP) is 1.68. The Bertz CT molecular complexity index is 159. The first kappa shape index (κ1) is 12.0. The molecule has 84 valence electrons. The summed E-state index contributed by atoms with van der Waals surface area (Å²) < 4.78 is 5.48. The molecule has 0 aliphatic carbocycles. The molecule has 0 saturated carbocycles. The number of nitrogens with two attached hydrogens (primary N) is 1. The molecule has 1 aliphatic rings. The molecule has 14 heavy (non-hydrogen) atoms. The van der Waals surface area contributed by atoms with Crippen molar-refractivity contribution in [1.29, 1.82) is 0 Å². The number of hydrazine groups is 1. The Morgan fingerprint density at radius 3 is 2.64 bits per heavy atom. The summed E-state index contributed by atoms with van der Waals surface area (Å²) >= 11 is 0. The molecular weight excluding hydrogens is 176 g/mol. The van der Waals surface area contributed by atoms with Crippen LogP contribution in [0.1, 0.15) is 40.0 Å². The first-order valence-corrected chi connectivity index (χ1v) is 5.57. The van der Waals surface area contributed by atoms with Crippen LogP contribution < -0.4 is 11.3 Å². The number of hydrogen-bond donors (Lipinski definition) is 2. The lowest BCUT2D eigenvalue weighted by atomic mass is 9.81. The van der Waals surface area contributed by atoms with Crippen LogP contribution in [-0.4, -0.2) is 19.3 Å². The quantitative estimate of drug-likeness (QED) is 0.538. The molecule has 1 saturated heterocycles. The van der Waals surface area contributed by atoms with Crippen LogP contribution in [0.4, 0.5) is 0 Å². The fraction of sp³-hybridized carbons (Fsp3) is 1.00. The summed E-state index contributed by atoms with van der Waals surface area (Å²) in [7, 11) is 0. The molecule has 0 bridgehead atoms. The Morgan fingerprint density at radius 1 is 1.50 bits per heavy atom. The fourth-order valence-corrected chi connectivity index (χ4v) is 2.10. The third kappa shape index (κ3) is 3.95. The largest absolute Gasteiger partial charge is 0.381 e. The maximum absolute atomic E-state index is 5.61. The monoisotopic (exact) mass is 200 g/mol. The second kappa shape index (κ2) is 5.10. The van der Waals surface area contributed by atoms with Gasteiger partial charge in [0, 0.05) is 12.6 Å². The van der Waals surface area contributed by atoms with E-state index in [0.717, 1.165) is 19.6 Å². The van der Waals surface area contributed by atoms with E-state index in [4.69, 9.17) is 10.6 Å². The molecule has 0 spiro atoms. The summed E-state index contributed by atoms with van der Waals surface area (Å²) in [6, 6.07) is 0.398. The summed E-state index contributed by atoms with van der Waals surface area (Å²) in [5.41, 5.74) is 3.28. The van der Waals surface area contributed by atoms with E-state index >= 15 is 0 Å². The zero-order valence-corrected chi connectivity index (χ0v) is 9.68. The van der Waals surface area contributed by atoms with Gasteiger partial charge in [0.05, 0.1) is 6.61 Å². The highest BCUT2D eigenvalue weighted by Gasteiger charge is 2.27. The van der Waals surface area contributed by atoms with Crippen molar-refractivity contribution in [2.24, 2.45) is 17.2 Å². The molecule has 3 N–H and O–H groups in total. The van der Waals surface area contributed by atoms with Crippen molar-refractivity contribution in [3.8, 4) is 0 Å². The van der Waals surface area contributed by atoms with Crippen LogP contribution in [-0.2, 0) is 4.74 Å². The molecule has 1 aliphatic heterocycles. The van der Waals surface area contributed by atoms with Crippen molar-refractivity contribution in [2.45, 2.75) is 46.1 Å². The normalized spacial score (nSPS) is 26.1. The van der Waals surface area contributed by atoms with Gasteiger partial charge in [0.15, 0.2) is 0 Å². The minimum absolute atomic E-state index is 0.328. The van der Waals surface area contributed by atoms with E-state index in [1.807, 2.05) is 0 Å². The van der Waals surface area contributed by atoms with E-state index in [-0.39, 0.29) is 0 Å². The van der Waals surface area contributed by atoms with Crippen LogP contribution in [0.3, 0.4) is 0 Å². The lowest BCUT2D eigenvalue weighted by Crippen LogP contribution is -2.45. The van der Waals surface area contributed by atoms with Crippen molar-refractivity contribution in [2.75, 3.05) is 13.2 Å². The van der Waals surface area contributed by atoms with Crippen LogP contribution in [0.15, 0.2) is 0 Å². The third-order valence-electron chi connectivity index (χ3n) is 2.81. The van der Waals surface area contributed by atoms with Crippen LogP contribution in [0.2, 0.25) is 0 Å². The standard InChI is InChI=1S/C11H24N2O/c1-11(2,3)7-10(13-12)9-5-4-6-14-8-9/h9-10,13H,4-8,12H2,1-3H3.